The predicted octanol–water partition coefficient (Wildman–Crippen LogP) is 5.01. The van der Waals surface area contributed by atoms with Gasteiger partial charge in [-0.05, 0) is 50.2 Å². The van der Waals surface area contributed by atoms with E-state index in [1.54, 1.807) is 0 Å². The van der Waals surface area contributed by atoms with Gasteiger partial charge in [-0.1, -0.05) is 41.4 Å². The van der Waals surface area contributed by atoms with Crippen LogP contribution in [0, 0.1) is 13.8 Å². The second-order valence-electron chi connectivity index (χ2n) is 4.97. The molecule has 1 N–H and O–H groups in total. The molecule has 2 rings (SSSR count). The van der Waals surface area contributed by atoms with Crippen LogP contribution in [0.25, 0.3) is 0 Å². The van der Waals surface area contributed by atoms with Gasteiger partial charge in [0, 0.05) is 21.7 Å². The Balaban J connectivity index is 2.05. The third-order valence-corrected chi connectivity index (χ3v) is 4.90. The molecule has 3 heteroatoms. The Hall–Kier alpha value is -0.960. The molecule has 0 radical (unpaired) electrons. The van der Waals surface area contributed by atoms with Crippen molar-refractivity contribution in [1.82, 2.24) is 5.32 Å². The van der Waals surface area contributed by atoms with Crippen LogP contribution in [-0.2, 0) is 0 Å². The van der Waals surface area contributed by atoms with Gasteiger partial charge in [-0.15, -0.1) is 11.8 Å². The molecule has 1 unspecified atom stereocenters. The van der Waals surface area contributed by atoms with Crippen LogP contribution in [0.2, 0.25) is 5.02 Å². The van der Waals surface area contributed by atoms with Crippen LogP contribution in [0.5, 0.6) is 0 Å². The molecule has 0 saturated carbocycles. The highest BCUT2D eigenvalue weighted by molar-refractivity contribution is 7.99. The van der Waals surface area contributed by atoms with Gasteiger partial charge in [0.05, 0.1) is 0 Å². The van der Waals surface area contributed by atoms with Crippen molar-refractivity contribution >= 4 is 23.4 Å². The first kappa shape index (κ1) is 15.4. The Morgan fingerprint density at radius 1 is 1.10 bits per heavy atom. The van der Waals surface area contributed by atoms with E-state index in [1.807, 2.05) is 25.7 Å². The summed E-state index contributed by atoms with van der Waals surface area (Å²) in [5.74, 6) is 0.985. The summed E-state index contributed by atoms with van der Waals surface area (Å²) >= 11 is 8.08. The van der Waals surface area contributed by atoms with Crippen LogP contribution in [-0.4, -0.2) is 12.8 Å². The number of rotatable bonds is 5. The van der Waals surface area contributed by atoms with Gasteiger partial charge in [0.25, 0.3) is 0 Å². The number of nitrogens with one attached hydrogen (secondary N) is 1. The van der Waals surface area contributed by atoms with E-state index in [0.29, 0.717) is 6.04 Å². The molecule has 106 valence electrons. The lowest BCUT2D eigenvalue weighted by molar-refractivity contribution is 0.662. The van der Waals surface area contributed by atoms with Crippen LogP contribution in [0.3, 0.4) is 0 Å². The molecule has 1 nitrogen and oxygen atoms in total. The molecule has 20 heavy (non-hydrogen) atoms. The van der Waals surface area contributed by atoms with Gasteiger partial charge in [-0.25, -0.2) is 0 Å². The molecule has 0 saturated heterocycles. The van der Waals surface area contributed by atoms with Crippen LogP contribution >= 0.6 is 23.4 Å². The first-order chi connectivity index (χ1) is 9.60. The average Bonchev–Trinajstić information content (AvgIpc) is 2.45. The molecule has 0 aliphatic rings. The maximum absolute atomic E-state index is 6.21. The lowest BCUT2D eigenvalue weighted by atomic mass is 10.1. The molecule has 0 fully saturated rings. The normalized spacial score (nSPS) is 12.4. The Morgan fingerprint density at radius 3 is 2.40 bits per heavy atom. The molecule has 0 aromatic heterocycles. The summed E-state index contributed by atoms with van der Waals surface area (Å²) in [5, 5.41) is 4.20. The second-order valence-corrected chi connectivity index (χ2v) is 6.47. The molecule has 0 aliphatic heterocycles. The molecule has 1 atom stereocenters. The van der Waals surface area contributed by atoms with Crippen molar-refractivity contribution in [2.75, 3.05) is 12.8 Å². The summed E-state index contributed by atoms with van der Waals surface area (Å²) < 4.78 is 0. The molecule has 0 aliphatic carbocycles. The van der Waals surface area contributed by atoms with E-state index in [2.05, 4.69) is 54.7 Å². The van der Waals surface area contributed by atoms with E-state index in [-0.39, 0.29) is 0 Å². The minimum atomic E-state index is 0.305. The number of thioether (sulfide) groups is 1. The number of halogens is 1. The van der Waals surface area contributed by atoms with E-state index in [9.17, 15) is 0 Å². The van der Waals surface area contributed by atoms with Gasteiger partial charge in [0.15, 0.2) is 0 Å². The van der Waals surface area contributed by atoms with Crippen molar-refractivity contribution in [1.29, 1.82) is 0 Å². The number of hydrogen-bond donors (Lipinski definition) is 1. The molecule has 2 aromatic rings. The van der Waals surface area contributed by atoms with Gasteiger partial charge in [-0.2, -0.15) is 0 Å². The fraction of sp³-hybridized carbons (Fsp3) is 0.294. The highest BCUT2D eigenvalue weighted by atomic mass is 35.5. The van der Waals surface area contributed by atoms with E-state index in [0.717, 1.165) is 16.3 Å². The summed E-state index contributed by atoms with van der Waals surface area (Å²) in [6.07, 6.45) is 0. The van der Waals surface area contributed by atoms with Gasteiger partial charge in [0.1, 0.15) is 0 Å². The highest BCUT2D eigenvalue weighted by Crippen LogP contribution is 2.27. The summed E-state index contributed by atoms with van der Waals surface area (Å²) in [4.78, 5) is 1.30. The topological polar surface area (TPSA) is 12.0 Å². The van der Waals surface area contributed by atoms with Gasteiger partial charge in [-0.3, -0.25) is 0 Å². The average molecular weight is 306 g/mol. The van der Waals surface area contributed by atoms with Crippen molar-refractivity contribution in [2.24, 2.45) is 0 Å². The fourth-order valence-corrected chi connectivity index (χ4v) is 3.22. The van der Waals surface area contributed by atoms with Crippen molar-refractivity contribution < 1.29 is 0 Å². The highest BCUT2D eigenvalue weighted by Gasteiger charge is 2.11. The summed E-state index contributed by atoms with van der Waals surface area (Å²) in [7, 11) is 1.99. The quantitative estimate of drug-likeness (QED) is 0.779. The Bertz CT molecular complexity index is 566. The first-order valence-corrected chi connectivity index (χ1v) is 8.09. The zero-order valence-corrected chi connectivity index (χ0v) is 13.7. The smallest absolute Gasteiger partial charge is 0.0438 e. The molecule has 2 aromatic carbocycles. The van der Waals surface area contributed by atoms with E-state index >= 15 is 0 Å². The Labute approximate surface area is 130 Å². The zero-order chi connectivity index (χ0) is 14.5. The van der Waals surface area contributed by atoms with E-state index in [1.165, 1.54) is 16.0 Å². The monoisotopic (exact) mass is 305 g/mol. The lowest BCUT2D eigenvalue weighted by Gasteiger charge is -2.17. The van der Waals surface area contributed by atoms with E-state index < -0.39 is 0 Å². The summed E-state index contributed by atoms with van der Waals surface area (Å²) in [6, 6.07) is 15.3. The maximum Gasteiger partial charge on any atom is 0.0438 e. The van der Waals surface area contributed by atoms with Crippen LogP contribution in [0.1, 0.15) is 22.7 Å². The van der Waals surface area contributed by atoms with Crippen molar-refractivity contribution in [2.45, 2.75) is 24.8 Å². The minimum absolute atomic E-state index is 0.305. The minimum Gasteiger partial charge on any atom is -0.312 e. The van der Waals surface area contributed by atoms with Gasteiger partial charge < -0.3 is 5.32 Å². The van der Waals surface area contributed by atoms with Crippen molar-refractivity contribution in [3.05, 3.63) is 64.2 Å². The largest absolute Gasteiger partial charge is 0.312 e. The van der Waals surface area contributed by atoms with Crippen molar-refractivity contribution in [3.8, 4) is 0 Å². The summed E-state index contributed by atoms with van der Waals surface area (Å²) in [5.41, 5.74) is 3.66. The fourth-order valence-electron chi connectivity index (χ4n) is 1.99. The van der Waals surface area contributed by atoms with Gasteiger partial charge >= 0.3 is 0 Å². The third kappa shape index (κ3) is 4.02. The molecule has 0 spiro atoms. The van der Waals surface area contributed by atoms with Crippen molar-refractivity contribution in [3.63, 3.8) is 0 Å². The van der Waals surface area contributed by atoms with E-state index in [4.69, 9.17) is 11.6 Å². The number of hydrogen-bond acceptors (Lipinski definition) is 2. The molecular weight excluding hydrogens is 286 g/mol. The molecule has 0 heterocycles. The van der Waals surface area contributed by atoms with Crippen LogP contribution in [0.4, 0.5) is 0 Å². The second kappa shape index (κ2) is 7.16. The summed E-state index contributed by atoms with van der Waals surface area (Å²) in [6.45, 7) is 4.14. The number of aryl methyl sites for hydroxylation is 2. The lowest BCUT2D eigenvalue weighted by Crippen LogP contribution is -2.18. The van der Waals surface area contributed by atoms with Crippen LogP contribution in [0.15, 0.2) is 47.4 Å². The predicted molar refractivity (Wildman–Crippen MR) is 89.9 cm³/mol. The Morgan fingerprint density at radius 2 is 1.80 bits per heavy atom. The SMILES string of the molecule is CNC(CSc1ccc(C)cc1)c1ccc(C)c(Cl)c1. The molecule has 0 bridgehead atoms. The first-order valence-electron chi connectivity index (χ1n) is 6.73. The molecular formula is C17H20ClNS. The third-order valence-electron chi connectivity index (χ3n) is 3.38. The standard InChI is InChI=1S/C17H20ClNS/c1-12-4-8-15(9-5-12)20-11-17(19-3)14-7-6-13(2)16(18)10-14/h4-10,17,19H,11H2,1-3H3. The zero-order valence-electron chi connectivity index (χ0n) is 12.1. The maximum atomic E-state index is 6.21. The van der Waals surface area contributed by atoms with Crippen LogP contribution < -0.4 is 5.32 Å². The Kier molecular flexibility index (Phi) is 5.53. The number of benzene rings is 2. The molecule has 0 amide bonds. The van der Waals surface area contributed by atoms with Gasteiger partial charge in [0.2, 0.25) is 0 Å².